The van der Waals surface area contributed by atoms with E-state index in [1.54, 1.807) is 4.31 Å². The number of sulfonamides is 1. The molecule has 1 unspecified atom stereocenters. The molecule has 1 atom stereocenters. The molecule has 1 heterocycles. The van der Waals surface area contributed by atoms with E-state index >= 15 is 0 Å². The van der Waals surface area contributed by atoms with Crippen molar-refractivity contribution in [1.82, 2.24) is 4.31 Å². The van der Waals surface area contributed by atoms with Crippen LogP contribution in [-0.2, 0) is 10.0 Å². The molecule has 66 valence electrons. The fraction of sp³-hybridized carbons (Fsp3) is 1.00. The monoisotopic (exact) mass is 177 g/mol. The van der Waals surface area contributed by atoms with Crippen molar-refractivity contribution in [3.63, 3.8) is 0 Å². The predicted octanol–water partition coefficient (Wildman–Crippen LogP) is 0.820. The first-order chi connectivity index (χ1) is 5.05. The van der Waals surface area contributed by atoms with Gasteiger partial charge in [0.1, 0.15) is 0 Å². The average molecular weight is 177 g/mol. The fourth-order valence-corrected chi connectivity index (χ4v) is 2.91. The lowest BCUT2D eigenvalue weighted by Gasteiger charge is -2.20. The number of rotatable bonds is 2. The molecule has 1 saturated heterocycles. The van der Waals surface area contributed by atoms with Crippen LogP contribution in [0.5, 0.6) is 0 Å². The molecular weight excluding hydrogens is 162 g/mol. The molecule has 0 aromatic carbocycles. The Morgan fingerprint density at radius 2 is 2.18 bits per heavy atom. The number of hydrogen-bond donors (Lipinski definition) is 0. The van der Waals surface area contributed by atoms with Crippen LogP contribution in [0.3, 0.4) is 0 Å². The molecule has 1 rings (SSSR count). The Morgan fingerprint density at radius 1 is 1.55 bits per heavy atom. The van der Waals surface area contributed by atoms with E-state index in [0.717, 1.165) is 25.8 Å². The zero-order valence-electron chi connectivity index (χ0n) is 7.08. The third kappa shape index (κ3) is 1.93. The van der Waals surface area contributed by atoms with Gasteiger partial charge in [0.2, 0.25) is 10.0 Å². The normalized spacial score (nSPS) is 27.6. The molecule has 0 bridgehead atoms. The van der Waals surface area contributed by atoms with Gasteiger partial charge >= 0.3 is 0 Å². The van der Waals surface area contributed by atoms with Crippen molar-refractivity contribution in [3.8, 4) is 0 Å². The quantitative estimate of drug-likeness (QED) is 0.626. The number of hydrogen-bond acceptors (Lipinski definition) is 2. The summed E-state index contributed by atoms with van der Waals surface area (Å²) in [5.74, 6) is 0. The molecule has 0 N–H and O–H groups in total. The molecule has 1 aliphatic rings. The Hall–Kier alpha value is -0.0900. The highest BCUT2D eigenvalue weighted by Gasteiger charge is 2.29. The lowest BCUT2D eigenvalue weighted by atomic mass is 10.2. The molecule has 11 heavy (non-hydrogen) atoms. The smallest absolute Gasteiger partial charge is 0.211 e. The van der Waals surface area contributed by atoms with Crippen molar-refractivity contribution in [3.05, 3.63) is 0 Å². The first-order valence-electron chi connectivity index (χ1n) is 4.02. The van der Waals surface area contributed by atoms with Crippen LogP contribution in [-0.4, -0.2) is 31.6 Å². The molecule has 1 fully saturated rings. The fourth-order valence-electron chi connectivity index (χ4n) is 1.65. The first-order valence-corrected chi connectivity index (χ1v) is 5.87. The second-order valence-corrected chi connectivity index (χ2v) is 5.01. The zero-order chi connectivity index (χ0) is 8.48. The van der Waals surface area contributed by atoms with Gasteiger partial charge in [-0.1, -0.05) is 6.92 Å². The van der Waals surface area contributed by atoms with Gasteiger partial charge in [0.15, 0.2) is 0 Å². The Labute approximate surface area is 68.4 Å². The van der Waals surface area contributed by atoms with Crippen LogP contribution in [0, 0.1) is 0 Å². The summed E-state index contributed by atoms with van der Waals surface area (Å²) >= 11 is 0. The van der Waals surface area contributed by atoms with Crippen LogP contribution < -0.4 is 0 Å². The van der Waals surface area contributed by atoms with Crippen LogP contribution in [0.2, 0.25) is 0 Å². The summed E-state index contributed by atoms with van der Waals surface area (Å²) in [4.78, 5) is 0. The van der Waals surface area contributed by atoms with Gasteiger partial charge in [0, 0.05) is 12.6 Å². The maximum absolute atomic E-state index is 11.1. The van der Waals surface area contributed by atoms with Crippen molar-refractivity contribution in [2.45, 2.75) is 32.2 Å². The Morgan fingerprint density at radius 3 is 2.55 bits per heavy atom. The molecule has 0 saturated carbocycles. The van der Waals surface area contributed by atoms with Crippen LogP contribution in [0.15, 0.2) is 0 Å². The van der Waals surface area contributed by atoms with Crippen molar-refractivity contribution >= 4 is 10.0 Å². The summed E-state index contributed by atoms with van der Waals surface area (Å²) in [7, 11) is -2.93. The Balaban J connectivity index is 2.72. The van der Waals surface area contributed by atoms with Crippen LogP contribution in [0.4, 0.5) is 0 Å². The van der Waals surface area contributed by atoms with Crippen LogP contribution in [0.25, 0.3) is 0 Å². The van der Waals surface area contributed by atoms with E-state index in [9.17, 15) is 8.42 Å². The maximum Gasteiger partial charge on any atom is 0.211 e. The minimum atomic E-state index is -2.93. The molecule has 4 heteroatoms. The zero-order valence-corrected chi connectivity index (χ0v) is 7.89. The second kappa shape index (κ2) is 3.11. The Kier molecular flexibility index (Phi) is 2.54. The molecule has 1 aliphatic heterocycles. The van der Waals surface area contributed by atoms with E-state index in [0.29, 0.717) is 0 Å². The summed E-state index contributed by atoms with van der Waals surface area (Å²) in [5, 5.41) is 0. The van der Waals surface area contributed by atoms with Gasteiger partial charge in [-0.2, -0.15) is 4.31 Å². The highest BCUT2D eigenvalue weighted by Crippen LogP contribution is 2.21. The average Bonchev–Trinajstić information content (AvgIpc) is 2.31. The molecule has 0 aromatic rings. The molecule has 0 amide bonds. The van der Waals surface area contributed by atoms with Gasteiger partial charge in [-0.05, 0) is 19.3 Å². The summed E-state index contributed by atoms with van der Waals surface area (Å²) < 4.78 is 23.9. The van der Waals surface area contributed by atoms with Crippen molar-refractivity contribution in [2.24, 2.45) is 0 Å². The van der Waals surface area contributed by atoms with E-state index in [-0.39, 0.29) is 6.04 Å². The van der Waals surface area contributed by atoms with E-state index in [1.165, 1.54) is 6.26 Å². The standard InChI is InChI=1S/C7H15NO2S/c1-3-7-5-4-6-8(7)11(2,9)10/h7H,3-6H2,1-2H3. The molecule has 0 aliphatic carbocycles. The van der Waals surface area contributed by atoms with E-state index < -0.39 is 10.0 Å². The van der Waals surface area contributed by atoms with Crippen molar-refractivity contribution in [2.75, 3.05) is 12.8 Å². The molecule has 0 radical (unpaired) electrons. The van der Waals surface area contributed by atoms with Gasteiger partial charge in [0.05, 0.1) is 6.26 Å². The third-order valence-corrected chi connectivity index (χ3v) is 3.55. The van der Waals surface area contributed by atoms with Gasteiger partial charge in [0.25, 0.3) is 0 Å². The van der Waals surface area contributed by atoms with E-state index in [2.05, 4.69) is 0 Å². The highest BCUT2D eigenvalue weighted by atomic mass is 32.2. The maximum atomic E-state index is 11.1. The van der Waals surface area contributed by atoms with E-state index in [1.807, 2.05) is 6.92 Å². The molecular formula is C7H15NO2S. The van der Waals surface area contributed by atoms with Gasteiger partial charge in [-0.15, -0.1) is 0 Å². The molecule has 0 spiro atoms. The number of nitrogens with zero attached hydrogens (tertiary/aromatic N) is 1. The first kappa shape index (κ1) is 9.00. The second-order valence-electron chi connectivity index (χ2n) is 3.08. The van der Waals surface area contributed by atoms with E-state index in [4.69, 9.17) is 0 Å². The topological polar surface area (TPSA) is 37.4 Å². The largest absolute Gasteiger partial charge is 0.212 e. The predicted molar refractivity (Wildman–Crippen MR) is 44.9 cm³/mol. The van der Waals surface area contributed by atoms with Crippen LogP contribution in [0.1, 0.15) is 26.2 Å². The third-order valence-electron chi connectivity index (χ3n) is 2.22. The van der Waals surface area contributed by atoms with Crippen molar-refractivity contribution < 1.29 is 8.42 Å². The summed E-state index contributed by atoms with van der Waals surface area (Å²) in [5.41, 5.74) is 0. The highest BCUT2D eigenvalue weighted by molar-refractivity contribution is 7.88. The summed E-state index contributed by atoms with van der Waals surface area (Å²) in [6.07, 6.45) is 4.28. The lowest BCUT2D eigenvalue weighted by Crippen LogP contribution is -2.34. The Bertz CT molecular complexity index is 223. The summed E-state index contributed by atoms with van der Waals surface area (Å²) in [6, 6.07) is 0.269. The minimum absolute atomic E-state index is 0.269. The van der Waals surface area contributed by atoms with Crippen molar-refractivity contribution in [1.29, 1.82) is 0 Å². The summed E-state index contributed by atoms with van der Waals surface area (Å²) in [6.45, 7) is 2.76. The lowest BCUT2D eigenvalue weighted by molar-refractivity contribution is 0.383. The van der Waals surface area contributed by atoms with Gasteiger partial charge in [-0.3, -0.25) is 0 Å². The van der Waals surface area contributed by atoms with Gasteiger partial charge < -0.3 is 0 Å². The molecule has 0 aromatic heterocycles. The van der Waals surface area contributed by atoms with Crippen LogP contribution >= 0.6 is 0 Å². The van der Waals surface area contributed by atoms with Gasteiger partial charge in [-0.25, -0.2) is 8.42 Å². The SMILES string of the molecule is CCC1CCCN1S(C)(=O)=O. The minimum Gasteiger partial charge on any atom is -0.212 e. The molecule has 3 nitrogen and oxygen atoms in total.